The van der Waals surface area contributed by atoms with Gasteiger partial charge in [-0.2, -0.15) is 10.2 Å². The molecule has 0 bridgehead atoms. The van der Waals surface area contributed by atoms with Crippen LogP contribution in [-0.4, -0.2) is 37.4 Å². The highest BCUT2D eigenvalue weighted by Crippen LogP contribution is 2.17. The molecule has 0 aromatic carbocycles. The number of hydrogen-bond acceptors (Lipinski definition) is 3. The molecule has 2 aromatic rings. The number of aromatic nitrogens is 4. The van der Waals surface area contributed by atoms with Crippen LogP contribution < -0.4 is 0 Å². The van der Waals surface area contributed by atoms with Crippen LogP contribution >= 0.6 is 15.9 Å². The zero-order chi connectivity index (χ0) is 17.1. The fraction of sp³-hybridized carbons (Fsp3) is 0.562. The van der Waals surface area contributed by atoms with Crippen molar-refractivity contribution < 1.29 is 4.79 Å². The normalized spacial score (nSPS) is 12.4. The van der Waals surface area contributed by atoms with Gasteiger partial charge in [-0.3, -0.25) is 14.2 Å². The van der Waals surface area contributed by atoms with Gasteiger partial charge in [0.05, 0.1) is 28.8 Å². The summed E-state index contributed by atoms with van der Waals surface area (Å²) in [6.07, 6.45) is 3.61. The van der Waals surface area contributed by atoms with Crippen LogP contribution in [0.1, 0.15) is 30.8 Å². The zero-order valence-electron chi connectivity index (χ0n) is 14.4. The largest absolute Gasteiger partial charge is 0.341 e. The first-order valence-electron chi connectivity index (χ1n) is 7.79. The molecule has 0 spiro atoms. The van der Waals surface area contributed by atoms with Gasteiger partial charge >= 0.3 is 0 Å². The van der Waals surface area contributed by atoms with Crippen LogP contribution in [-0.2, 0) is 24.4 Å². The summed E-state index contributed by atoms with van der Waals surface area (Å²) >= 11 is 3.37. The van der Waals surface area contributed by atoms with Crippen LogP contribution in [0.4, 0.5) is 0 Å². The number of nitrogens with zero attached hydrogens (tertiary/aromatic N) is 5. The van der Waals surface area contributed by atoms with Crippen molar-refractivity contribution in [2.24, 2.45) is 5.92 Å². The lowest BCUT2D eigenvalue weighted by Crippen LogP contribution is -2.33. The van der Waals surface area contributed by atoms with E-state index in [0.717, 1.165) is 28.0 Å². The van der Waals surface area contributed by atoms with Crippen LogP contribution in [0, 0.1) is 19.8 Å². The standard InChI is InChI=1S/C16H24BrN5O/c1-6-22-13(4)15(12(3)19-22)10-20(5)16(23)11(2)8-21-9-14(17)7-18-21/h7,9,11H,6,8,10H2,1-5H3. The van der Waals surface area contributed by atoms with E-state index in [9.17, 15) is 4.79 Å². The Bertz CT molecular complexity index is 691. The molecule has 0 fully saturated rings. The Morgan fingerprint density at radius 3 is 2.65 bits per heavy atom. The molecule has 2 aromatic heterocycles. The molecule has 7 heteroatoms. The Labute approximate surface area is 145 Å². The van der Waals surface area contributed by atoms with E-state index in [1.54, 1.807) is 15.8 Å². The Morgan fingerprint density at radius 1 is 1.43 bits per heavy atom. The third-order valence-corrected chi connectivity index (χ3v) is 4.50. The number of amides is 1. The fourth-order valence-electron chi connectivity index (χ4n) is 2.76. The van der Waals surface area contributed by atoms with Gasteiger partial charge in [0, 0.05) is 37.6 Å². The molecule has 2 heterocycles. The van der Waals surface area contributed by atoms with Crippen molar-refractivity contribution in [1.29, 1.82) is 0 Å². The Balaban J connectivity index is 2.03. The first kappa shape index (κ1) is 17.7. The quantitative estimate of drug-likeness (QED) is 0.772. The van der Waals surface area contributed by atoms with Gasteiger partial charge in [-0.25, -0.2) is 0 Å². The number of carbonyl (C=O) groups is 1. The van der Waals surface area contributed by atoms with Crippen LogP contribution in [0.25, 0.3) is 0 Å². The minimum Gasteiger partial charge on any atom is -0.341 e. The van der Waals surface area contributed by atoms with Gasteiger partial charge in [-0.15, -0.1) is 0 Å². The maximum absolute atomic E-state index is 12.6. The van der Waals surface area contributed by atoms with E-state index < -0.39 is 0 Å². The maximum atomic E-state index is 12.6. The van der Waals surface area contributed by atoms with Gasteiger partial charge < -0.3 is 4.90 Å². The predicted octanol–water partition coefficient (Wildman–Crippen LogP) is 2.77. The van der Waals surface area contributed by atoms with Crippen molar-refractivity contribution in [2.45, 2.75) is 47.3 Å². The third kappa shape index (κ3) is 4.02. The first-order valence-corrected chi connectivity index (χ1v) is 8.58. The molecule has 0 N–H and O–H groups in total. The molecule has 1 amide bonds. The van der Waals surface area contributed by atoms with Gasteiger partial charge in [-0.05, 0) is 36.7 Å². The van der Waals surface area contributed by atoms with Crippen LogP contribution in [0.2, 0.25) is 0 Å². The van der Waals surface area contributed by atoms with E-state index in [1.807, 2.05) is 31.8 Å². The highest BCUT2D eigenvalue weighted by atomic mass is 79.9. The van der Waals surface area contributed by atoms with E-state index >= 15 is 0 Å². The Morgan fingerprint density at radius 2 is 2.13 bits per heavy atom. The lowest BCUT2D eigenvalue weighted by Gasteiger charge is -2.21. The van der Waals surface area contributed by atoms with Gasteiger partial charge in [0.2, 0.25) is 5.91 Å². The average molecular weight is 382 g/mol. The predicted molar refractivity (Wildman–Crippen MR) is 92.9 cm³/mol. The molecule has 2 rings (SSSR count). The molecule has 126 valence electrons. The van der Waals surface area contributed by atoms with Crippen LogP contribution in [0.5, 0.6) is 0 Å². The molecule has 0 aliphatic rings. The molecule has 0 radical (unpaired) electrons. The summed E-state index contributed by atoms with van der Waals surface area (Å²) in [5, 5.41) is 8.73. The van der Waals surface area contributed by atoms with E-state index in [2.05, 4.69) is 40.0 Å². The van der Waals surface area contributed by atoms with Gasteiger partial charge in [0.1, 0.15) is 0 Å². The zero-order valence-corrected chi connectivity index (χ0v) is 16.0. The lowest BCUT2D eigenvalue weighted by molar-refractivity contribution is -0.134. The molecule has 0 saturated carbocycles. The number of hydrogen-bond donors (Lipinski definition) is 0. The molecule has 23 heavy (non-hydrogen) atoms. The van der Waals surface area contributed by atoms with Crippen LogP contribution in [0.15, 0.2) is 16.9 Å². The number of carbonyl (C=O) groups excluding carboxylic acids is 1. The van der Waals surface area contributed by atoms with Crippen LogP contribution in [0.3, 0.4) is 0 Å². The smallest absolute Gasteiger partial charge is 0.227 e. The maximum Gasteiger partial charge on any atom is 0.227 e. The second-order valence-electron chi connectivity index (χ2n) is 5.94. The molecule has 0 aliphatic carbocycles. The number of halogens is 1. The highest BCUT2D eigenvalue weighted by molar-refractivity contribution is 9.10. The summed E-state index contributed by atoms with van der Waals surface area (Å²) in [6, 6.07) is 0. The second-order valence-corrected chi connectivity index (χ2v) is 6.86. The Hall–Kier alpha value is -1.63. The molecule has 1 unspecified atom stereocenters. The van der Waals surface area contributed by atoms with Crippen molar-refractivity contribution in [1.82, 2.24) is 24.5 Å². The molecule has 1 atom stereocenters. The van der Waals surface area contributed by atoms with Crippen molar-refractivity contribution in [3.63, 3.8) is 0 Å². The summed E-state index contributed by atoms with van der Waals surface area (Å²) in [6.45, 7) is 10.1. The van der Waals surface area contributed by atoms with Crippen molar-refractivity contribution in [3.8, 4) is 0 Å². The van der Waals surface area contributed by atoms with E-state index in [1.165, 1.54) is 0 Å². The molecule has 0 saturated heterocycles. The van der Waals surface area contributed by atoms with Gasteiger partial charge in [0.25, 0.3) is 0 Å². The molecular weight excluding hydrogens is 358 g/mol. The summed E-state index contributed by atoms with van der Waals surface area (Å²) in [5.74, 6) is -0.0201. The van der Waals surface area contributed by atoms with E-state index in [4.69, 9.17) is 0 Å². The fourth-order valence-corrected chi connectivity index (χ4v) is 3.09. The first-order chi connectivity index (χ1) is 10.8. The minimum absolute atomic E-state index is 0.111. The minimum atomic E-state index is -0.131. The van der Waals surface area contributed by atoms with Crippen molar-refractivity contribution in [2.75, 3.05) is 7.05 Å². The van der Waals surface area contributed by atoms with Crippen molar-refractivity contribution >= 4 is 21.8 Å². The molecule has 6 nitrogen and oxygen atoms in total. The van der Waals surface area contributed by atoms with Gasteiger partial charge in [-0.1, -0.05) is 6.92 Å². The van der Waals surface area contributed by atoms with E-state index in [-0.39, 0.29) is 11.8 Å². The second kappa shape index (κ2) is 7.29. The van der Waals surface area contributed by atoms with E-state index in [0.29, 0.717) is 13.1 Å². The summed E-state index contributed by atoms with van der Waals surface area (Å²) in [7, 11) is 1.85. The monoisotopic (exact) mass is 381 g/mol. The lowest BCUT2D eigenvalue weighted by atomic mass is 10.1. The third-order valence-electron chi connectivity index (χ3n) is 4.09. The molecule has 0 aliphatic heterocycles. The SMILES string of the molecule is CCn1nc(C)c(CN(C)C(=O)C(C)Cn2cc(Br)cn2)c1C. The Kier molecular flexibility index (Phi) is 5.62. The van der Waals surface area contributed by atoms with Crippen molar-refractivity contribution in [3.05, 3.63) is 33.8 Å². The average Bonchev–Trinajstić information content (AvgIpc) is 3.03. The summed E-state index contributed by atoms with van der Waals surface area (Å²) in [5.41, 5.74) is 3.26. The highest BCUT2D eigenvalue weighted by Gasteiger charge is 2.21. The topological polar surface area (TPSA) is 56.0 Å². The summed E-state index contributed by atoms with van der Waals surface area (Å²) < 4.78 is 4.68. The number of aryl methyl sites for hydroxylation is 2. The van der Waals surface area contributed by atoms with Gasteiger partial charge in [0.15, 0.2) is 0 Å². The summed E-state index contributed by atoms with van der Waals surface area (Å²) in [4.78, 5) is 14.4. The number of rotatable bonds is 6. The molecular formula is C16H24BrN5O.